The molecule has 0 atom stereocenters. The second-order valence-corrected chi connectivity index (χ2v) is 24.7. The fourth-order valence-corrected chi connectivity index (χ4v) is 13.9. The Balaban J connectivity index is 1.31. The number of aryl methyl sites for hydroxylation is 1. The maximum atomic E-state index is 2.74. The average Bonchev–Trinajstić information content (AvgIpc) is 3.56. The Morgan fingerprint density at radius 2 is 1.18 bits per heavy atom. The summed E-state index contributed by atoms with van der Waals surface area (Å²) in [6.45, 7) is 34.4. The van der Waals surface area contributed by atoms with Crippen molar-refractivity contribution in [3.8, 4) is 0 Å². The minimum absolute atomic E-state index is 0.0420. The van der Waals surface area contributed by atoms with Crippen LogP contribution in [0.5, 0.6) is 0 Å². The van der Waals surface area contributed by atoms with Crippen molar-refractivity contribution in [2.45, 2.75) is 155 Å². The summed E-state index contributed by atoms with van der Waals surface area (Å²) in [4.78, 5) is 5.47. The number of hydrogen-bond donors (Lipinski definition) is 0. The normalized spacial score (nSPS) is 20.5. The Morgan fingerprint density at radius 1 is 0.567 bits per heavy atom. The summed E-state index contributed by atoms with van der Waals surface area (Å²) in [5, 5.41) is 1.39. The lowest BCUT2D eigenvalue weighted by Crippen LogP contribution is -2.62. The van der Waals surface area contributed by atoms with Crippen molar-refractivity contribution in [2.24, 2.45) is 0 Å². The Bertz CT molecular complexity index is 2870. The zero-order chi connectivity index (χ0) is 42.4. The van der Waals surface area contributed by atoms with Gasteiger partial charge < -0.3 is 9.80 Å². The summed E-state index contributed by atoms with van der Waals surface area (Å²) >= 11 is 2.04. The number of nitrogens with zero attached hydrogens (tertiary/aromatic N) is 2. The van der Waals surface area contributed by atoms with Crippen LogP contribution in [0.2, 0.25) is 0 Å². The Kier molecular flexibility index (Phi) is 7.59. The second kappa shape index (κ2) is 11.8. The maximum absolute atomic E-state index is 2.74. The fourth-order valence-electron chi connectivity index (χ4n) is 12.6. The van der Waals surface area contributed by atoms with Crippen molar-refractivity contribution in [1.29, 1.82) is 0 Å². The predicted octanol–water partition coefficient (Wildman–Crippen LogP) is 13.9. The van der Waals surface area contributed by atoms with Gasteiger partial charge in [-0.25, -0.2) is 0 Å². The molecule has 2 nitrogen and oxygen atoms in total. The van der Waals surface area contributed by atoms with Gasteiger partial charge >= 0.3 is 0 Å². The zero-order valence-electron chi connectivity index (χ0n) is 38.7. The summed E-state index contributed by atoms with van der Waals surface area (Å²) in [6, 6.07) is 32.2. The maximum Gasteiger partial charge on any atom is 0.264 e. The SMILES string of the molecule is Cc1cc2c3c4c1C(C)(C)c1ccccc1N4c1c(sc4ccc(C(C)(C)C)cc14)B3c1cc3c(cc1N2c1ccc2c(c1)C(C)(C)CCC2(C)C)C(C)(C)CCC3(C)C. The minimum atomic E-state index is -0.180. The van der Waals surface area contributed by atoms with E-state index in [-0.39, 0.29) is 39.2 Å². The molecule has 2 aliphatic carbocycles. The quantitative estimate of drug-likeness (QED) is 0.153. The standard InChI is InChI=1S/C56H63BN2S/c1-32-27-44-47-49-46(32)56(13,14)37-17-15-16-18-42(37)59(49)48-35-28-33(51(2,3)4)19-22-45(35)60-50(48)57(47)41-30-39-40(55(11,12)26-25-54(39,9)10)31-43(41)58(44)34-20-21-36-38(29-34)53(7,8)24-23-52(36,5)6/h15-22,27-31H,23-26H2,1-14H3. The van der Waals surface area contributed by atoms with E-state index in [1.807, 2.05) is 11.3 Å². The second-order valence-electron chi connectivity index (χ2n) is 23.6. The molecule has 11 rings (SSSR count). The molecule has 0 N–H and O–H groups in total. The summed E-state index contributed by atoms with van der Waals surface area (Å²) < 4.78 is 2.86. The van der Waals surface area contributed by atoms with Gasteiger partial charge in [-0.15, -0.1) is 11.3 Å². The third-order valence-electron chi connectivity index (χ3n) is 16.4. The summed E-state index contributed by atoms with van der Waals surface area (Å²) in [6.07, 6.45) is 4.81. The van der Waals surface area contributed by atoms with Crippen LogP contribution in [-0.2, 0) is 32.5 Å². The van der Waals surface area contributed by atoms with Gasteiger partial charge in [0.15, 0.2) is 0 Å². The Labute approximate surface area is 364 Å². The lowest BCUT2D eigenvalue weighted by Gasteiger charge is -2.51. The number of anilines is 6. The first-order valence-corrected chi connectivity index (χ1v) is 23.6. The van der Waals surface area contributed by atoms with Crippen LogP contribution in [0.1, 0.15) is 160 Å². The summed E-state index contributed by atoms with van der Waals surface area (Å²) in [5.41, 5.74) is 23.1. The zero-order valence-corrected chi connectivity index (χ0v) is 39.5. The number of para-hydroxylation sites is 1. The molecule has 5 aromatic carbocycles. The monoisotopic (exact) mass is 806 g/mol. The van der Waals surface area contributed by atoms with Crippen molar-refractivity contribution in [1.82, 2.24) is 0 Å². The molecular weight excluding hydrogens is 744 g/mol. The molecular formula is C56H63BN2S. The van der Waals surface area contributed by atoms with Crippen molar-refractivity contribution in [3.05, 3.63) is 123 Å². The molecule has 0 saturated heterocycles. The largest absolute Gasteiger partial charge is 0.311 e. The van der Waals surface area contributed by atoms with Gasteiger partial charge in [0, 0.05) is 43.0 Å². The van der Waals surface area contributed by atoms with Crippen LogP contribution in [0.4, 0.5) is 34.1 Å². The molecule has 0 fully saturated rings. The molecule has 0 radical (unpaired) electrons. The van der Waals surface area contributed by atoms with Crippen molar-refractivity contribution >= 4 is 78.0 Å². The smallest absolute Gasteiger partial charge is 0.264 e. The lowest BCUT2D eigenvalue weighted by atomic mass is 9.35. The number of rotatable bonds is 1. The summed E-state index contributed by atoms with van der Waals surface area (Å²) in [7, 11) is 0. The molecule has 60 heavy (non-hydrogen) atoms. The van der Waals surface area contributed by atoms with E-state index in [4.69, 9.17) is 0 Å². The molecule has 6 aromatic rings. The summed E-state index contributed by atoms with van der Waals surface area (Å²) in [5.74, 6) is 0. The van der Waals surface area contributed by atoms with E-state index in [2.05, 4.69) is 186 Å². The van der Waals surface area contributed by atoms with E-state index in [1.54, 1.807) is 5.56 Å². The van der Waals surface area contributed by atoms with Crippen LogP contribution >= 0.6 is 11.3 Å². The van der Waals surface area contributed by atoms with Gasteiger partial charge in [-0.05, 0) is 158 Å². The van der Waals surface area contributed by atoms with Crippen LogP contribution in [0.15, 0.2) is 78.9 Å². The number of fused-ring (bicyclic) bond motifs is 11. The van der Waals surface area contributed by atoms with Crippen LogP contribution < -0.4 is 25.5 Å². The topological polar surface area (TPSA) is 6.48 Å². The van der Waals surface area contributed by atoms with Gasteiger partial charge in [-0.2, -0.15) is 0 Å². The molecule has 4 heteroatoms. The molecule has 0 bridgehead atoms. The molecule has 0 amide bonds. The van der Waals surface area contributed by atoms with Crippen LogP contribution in [0.25, 0.3) is 10.1 Å². The number of hydrogen-bond acceptors (Lipinski definition) is 3. The Morgan fingerprint density at radius 3 is 1.85 bits per heavy atom. The number of benzene rings is 5. The molecule has 0 saturated carbocycles. The van der Waals surface area contributed by atoms with Gasteiger partial charge in [0.2, 0.25) is 0 Å². The lowest BCUT2D eigenvalue weighted by molar-refractivity contribution is 0.332. The highest BCUT2D eigenvalue weighted by atomic mass is 32.1. The Hall–Kier alpha value is -4.28. The molecule has 0 unspecified atom stereocenters. The van der Waals surface area contributed by atoms with Crippen molar-refractivity contribution < 1.29 is 0 Å². The van der Waals surface area contributed by atoms with Gasteiger partial charge in [-0.1, -0.05) is 126 Å². The highest BCUT2D eigenvalue weighted by Crippen LogP contribution is 2.59. The fraction of sp³-hybridized carbons (Fsp3) is 0.429. The molecule has 3 aliphatic heterocycles. The highest BCUT2D eigenvalue weighted by Gasteiger charge is 2.52. The predicted molar refractivity (Wildman–Crippen MR) is 262 cm³/mol. The van der Waals surface area contributed by atoms with E-state index in [0.29, 0.717) is 0 Å². The third-order valence-corrected chi connectivity index (χ3v) is 17.6. The van der Waals surface area contributed by atoms with Crippen LogP contribution in [0, 0.1) is 6.92 Å². The van der Waals surface area contributed by atoms with Gasteiger partial charge in [0.1, 0.15) is 0 Å². The van der Waals surface area contributed by atoms with E-state index < -0.39 is 0 Å². The molecule has 5 aliphatic rings. The molecule has 0 spiro atoms. The van der Waals surface area contributed by atoms with Crippen LogP contribution in [0.3, 0.4) is 0 Å². The average molecular weight is 807 g/mol. The third kappa shape index (κ3) is 5.01. The van der Waals surface area contributed by atoms with Crippen molar-refractivity contribution in [3.63, 3.8) is 0 Å². The van der Waals surface area contributed by atoms with Gasteiger partial charge in [0.05, 0.1) is 11.4 Å². The highest BCUT2D eigenvalue weighted by molar-refractivity contribution is 7.33. The van der Waals surface area contributed by atoms with Gasteiger partial charge in [0.25, 0.3) is 6.71 Å². The minimum Gasteiger partial charge on any atom is -0.311 e. The first kappa shape index (κ1) is 38.6. The van der Waals surface area contributed by atoms with Crippen LogP contribution in [-0.4, -0.2) is 6.71 Å². The van der Waals surface area contributed by atoms with E-state index in [9.17, 15) is 0 Å². The molecule has 306 valence electrons. The van der Waals surface area contributed by atoms with Gasteiger partial charge in [-0.3, -0.25) is 0 Å². The van der Waals surface area contributed by atoms with Crippen molar-refractivity contribution in [2.75, 3.05) is 9.80 Å². The van der Waals surface area contributed by atoms with E-state index in [0.717, 1.165) is 0 Å². The van der Waals surface area contributed by atoms with E-state index in [1.165, 1.54) is 125 Å². The molecule has 4 heterocycles. The van der Waals surface area contributed by atoms with E-state index >= 15 is 0 Å². The number of thiophene rings is 1. The molecule has 1 aromatic heterocycles. The first-order valence-electron chi connectivity index (χ1n) is 22.8. The first-order chi connectivity index (χ1) is 28.0.